The third-order valence-electron chi connectivity index (χ3n) is 4.66. The second-order valence-electron chi connectivity index (χ2n) is 6.88. The molecule has 1 amide bonds. The van der Waals surface area contributed by atoms with Crippen LogP contribution in [0.2, 0.25) is 0 Å². The summed E-state index contributed by atoms with van der Waals surface area (Å²) in [6.07, 6.45) is 3.27. The van der Waals surface area contributed by atoms with E-state index >= 15 is 0 Å². The highest BCUT2D eigenvalue weighted by Crippen LogP contribution is 2.37. The predicted octanol–water partition coefficient (Wildman–Crippen LogP) is 4.46. The summed E-state index contributed by atoms with van der Waals surface area (Å²) in [5.41, 5.74) is 4.27. The maximum absolute atomic E-state index is 12.8. The van der Waals surface area contributed by atoms with Crippen molar-refractivity contribution in [3.05, 3.63) is 55.5 Å². The van der Waals surface area contributed by atoms with Crippen LogP contribution in [0.25, 0.3) is 11.1 Å². The molecule has 4 rings (SSSR count). The van der Waals surface area contributed by atoms with E-state index in [1.165, 1.54) is 6.07 Å². The van der Waals surface area contributed by atoms with Crippen LogP contribution < -0.4 is 10.8 Å². The summed E-state index contributed by atoms with van der Waals surface area (Å²) in [7, 11) is 0. The number of fused-ring (bicyclic) bond motifs is 1. The molecule has 1 aliphatic carbocycles. The lowest BCUT2D eigenvalue weighted by Crippen LogP contribution is -2.25. The van der Waals surface area contributed by atoms with E-state index in [0.29, 0.717) is 18.2 Å². The summed E-state index contributed by atoms with van der Waals surface area (Å²) >= 11 is 2.21. The van der Waals surface area contributed by atoms with Crippen molar-refractivity contribution in [2.75, 3.05) is 11.9 Å². The summed E-state index contributed by atoms with van der Waals surface area (Å²) in [6.45, 7) is 2.34. The summed E-state index contributed by atoms with van der Waals surface area (Å²) < 4.78 is 6.48. The van der Waals surface area contributed by atoms with E-state index in [4.69, 9.17) is 9.25 Å². The number of hydrogen-bond acceptors (Lipinski definition) is 7. The minimum atomic E-state index is -0.599. The first-order valence-electron chi connectivity index (χ1n) is 8.94. The van der Waals surface area contributed by atoms with Crippen molar-refractivity contribution in [3.8, 4) is 0 Å². The van der Waals surface area contributed by atoms with Crippen LogP contribution in [0.15, 0.2) is 35.1 Å². The summed E-state index contributed by atoms with van der Waals surface area (Å²) in [4.78, 5) is 32.9. The van der Waals surface area contributed by atoms with Crippen LogP contribution in [0.5, 0.6) is 0 Å². The number of aryl methyl sites for hydroxylation is 1. The van der Waals surface area contributed by atoms with E-state index in [1.807, 2.05) is 25.1 Å². The van der Waals surface area contributed by atoms with Crippen LogP contribution in [0.3, 0.4) is 0 Å². The fraction of sp³-hybridized carbons (Fsp3) is 0.263. The van der Waals surface area contributed by atoms with Gasteiger partial charge in [0.1, 0.15) is 0 Å². The number of hydroxylamine groups is 1. The molecule has 1 saturated carbocycles. The van der Waals surface area contributed by atoms with Crippen molar-refractivity contribution in [2.45, 2.75) is 19.8 Å². The Balaban J connectivity index is 1.76. The average molecular weight is 508 g/mol. The van der Waals surface area contributed by atoms with Crippen molar-refractivity contribution >= 4 is 56.7 Å². The van der Waals surface area contributed by atoms with Crippen LogP contribution in [0.4, 0.5) is 17.1 Å². The number of amides is 1. The Morgan fingerprint density at radius 1 is 1.41 bits per heavy atom. The zero-order chi connectivity index (χ0) is 20.5. The highest BCUT2D eigenvalue weighted by Gasteiger charge is 2.27. The lowest BCUT2D eigenvalue weighted by atomic mass is 10.1. The van der Waals surface area contributed by atoms with E-state index in [-0.39, 0.29) is 22.4 Å². The Bertz CT molecular complexity index is 1110. The third kappa shape index (κ3) is 4.17. The molecule has 0 spiro atoms. The van der Waals surface area contributed by atoms with Gasteiger partial charge in [0.15, 0.2) is 17.5 Å². The number of hydrogen-bond donors (Lipinski definition) is 2. The second kappa shape index (κ2) is 7.95. The molecule has 2 aromatic carbocycles. The molecule has 0 aliphatic heterocycles. The fourth-order valence-corrected chi connectivity index (χ4v) is 3.56. The Labute approximate surface area is 179 Å². The predicted molar refractivity (Wildman–Crippen MR) is 114 cm³/mol. The number of nitro groups is 1. The molecule has 1 fully saturated rings. The number of anilines is 2. The van der Waals surface area contributed by atoms with Gasteiger partial charge >= 0.3 is 0 Å². The molecule has 9 nitrogen and oxygen atoms in total. The number of carbonyl (C=O) groups excluding carboxylic acids is 1. The van der Waals surface area contributed by atoms with Crippen LogP contribution >= 0.6 is 22.6 Å². The normalized spacial score (nSPS) is 13.4. The molecule has 0 bridgehead atoms. The van der Waals surface area contributed by atoms with Gasteiger partial charge in [0, 0.05) is 15.3 Å². The molecule has 1 aliphatic rings. The van der Waals surface area contributed by atoms with Crippen molar-refractivity contribution in [2.24, 2.45) is 5.92 Å². The summed E-state index contributed by atoms with van der Waals surface area (Å²) in [5.74, 6) is -0.147. The summed E-state index contributed by atoms with van der Waals surface area (Å²) in [5, 5.41) is 14.7. The molecule has 150 valence electrons. The van der Waals surface area contributed by atoms with Gasteiger partial charge in [0.25, 0.3) is 11.6 Å². The van der Waals surface area contributed by atoms with Gasteiger partial charge in [-0.15, -0.1) is 0 Å². The average Bonchev–Trinajstić information content (AvgIpc) is 3.36. The van der Waals surface area contributed by atoms with Gasteiger partial charge in [-0.05, 0) is 72.0 Å². The van der Waals surface area contributed by atoms with Crippen LogP contribution in [-0.2, 0) is 4.84 Å². The van der Waals surface area contributed by atoms with Crippen molar-refractivity contribution in [3.63, 3.8) is 0 Å². The molecule has 1 heterocycles. The number of aromatic nitrogens is 1. The van der Waals surface area contributed by atoms with Crippen LogP contribution in [0.1, 0.15) is 28.8 Å². The van der Waals surface area contributed by atoms with E-state index in [0.717, 1.165) is 34.1 Å². The zero-order valence-corrected chi connectivity index (χ0v) is 17.6. The SMILES string of the molecule is Cc1cc(I)ccc1Nc1c(C(=O)NOCC2CC2)cc([N+](=O)[O-])c2ncoc12. The first-order valence-corrected chi connectivity index (χ1v) is 10.0. The molecule has 2 N–H and O–H groups in total. The topological polar surface area (TPSA) is 120 Å². The standard InChI is InChI=1S/C19H17IN4O5/c1-10-6-12(20)4-5-14(10)22-16-13(19(25)23-29-8-11-2-3-11)7-15(24(26)27)17-18(16)28-9-21-17/h4-7,9,11,22H,2-3,8H2,1H3,(H,23,25). The maximum atomic E-state index is 12.8. The number of rotatable bonds is 7. The highest BCUT2D eigenvalue weighted by atomic mass is 127. The van der Waals surface area contributed by atoms with E-state index in [1.54, 1.807) is 0 Å². The molecule has 1 aromatic heterocycles. The molecule has 3 aromatic rings. The lowest BCUT2D eigenvalue weighted by Gasteiger charge is -2.14. The second-order valence-corrected chi connectivity index (χ2v) is 8.12. The number of non-ortho nitro benzene ring substituents is 1. The molecular weight excluding hydrogens is 491 g/mol. The Morgan fingerprint density at radius 2 is 2.21 bits per heavy atom. The Hall–Kier alpha value is -2.73. The number of nitrogens with zero attached hydrogens (tertiary/aromatic N) is 2. The lowest BCUT2D eigenvalue weighted by molar-refractivity contribution is -0.383. The van der Waals surface area contributed by atoms with Crippen LogP contribution in [0, 0.1) is 26.5 Å². The maximum Gasteiger partial charge on any atom is 0.299 e. The van der Waals surface area contributed by atoms with E-state index in [9.17, 15) is 14.9 Å². The van der Waals surface area contributed by atoms with Gasteiger partial charge in [0.05, 0.1) is 22.8 Å². The van der Waals surface area contributed by atoms with Gasteiger partial charge in [-0.25, -0.2) is 10.5 Å². The number of carbonyl (C=O) groups is 1. The first-order chi connectivity index (χ1) is 13.9. The molecule has 0 saturated heterocycles. The monoisotopic (exact) mass is 508 g/mol. The molecule has 0 unspecified atom stereocenters. The van der Waals surface area contributed by atoms with Crippen molar-refractivity contribution < 1.29 is 19.0 Å². The molecule has 10 heteroatoms. The van der Waals surface area contributed by atoms with Crippen LogP contribution in [-0.4, -0.2) is 22.4 Å². The Morgan fingerprint density at radius 3 is 2.90 bits per heavy atom. The van der Waals surface area contributed by atoms with Crippen molar-refractivity contribution in [1.82, 2.24) is 10.5 Å². The Kier molecular flexibility index (Phi) is 5.37. The molecule has 0 radical (unpaired) electrons. The van der Waals surface area contributed by atoms with Gasteiger partial charge < -0.3 is 9.73 Å². The zero-order valence-electron chi connectivity index (χ0n) is 15.4. The number of oxazole rings is 1. The van der Waals surface area contributed by atoms with Gasteiger partial charge in [0.2, 0.25) is 0 Å². The number of nitrogens with one attached hydrogen (secondary N) is 2. The molecule has 29 heavy (non-hydrogen) atoms. The van der Waals surface area contributed by atoms with E-state index in [2.05, 4.69) is 38.4 Å². The van der Waals surface area contributed by atoms with Gasteiger partial charge in [-0.3, -0.25) is 19.7 Å². The number of benzene rings is 2. The molecule has 0 atom stereocenters. The summed E-state index contributed by atoms with van der Waals surface area (Å²) in [6, 6.07) is 6.94. The minimum Gasteiger partial charge on any atom is -0.441 e. The van der Waals surface area contributed by atoms with E-state index < -0.39 is 10.8 Å². The van der Waals surface area contributed by atoms with Gasteiger partial charge in [-0.1, -0.05) is 0 Å². The smallest absolute Gasteiger partial charge is 0.299 e. The first kappa shape index (κ1) is 19.6. The molecular formula is C19H17IN4O5. The third-order valence-corrected chi connectivity index (χ3v) is 5.33. The highest BCUT2D eigenvalue weighted by molar-refractivity contribution is 14.1. The largest absolute Gasteiger partial charge is 0.441 e. The number of halogens is 1. The minimum absolute atomic E-state index is 0.0368. The van der Waals surface area contributed by atoms with Gasteiger partial charge in [-0.2, -0.15) is 0 Å². The quantitative estimate of drug-likeness (QED) is 0.275. The fourth-order valence-electron chi connectivity index (χ4n) is 2.91. The number of nitro benzene ring substituents is 1. The van der Waals surface area contributed by atoms with Crippen molar-refractivity contribution in [1.29, 1.82) is 0 Å².